The van der Waals surface area contributed by atoms with Gasteiger partial charge in [-0.2, -0.15) is 30.3 Å². The Balaban J connectivity index is 0.00000233. The molecule has 0 aliphatic carbocycles. The number of hydrogen-bond donors (Lipinski definition) is 0. The number of hydrogen-bond acceptors (Lipinski definition) is 3. The molecule has 4 rings (SSSR count). The number of rotatable bonds is 52. The molecule has 0 amide bonds. The van der Waals surface area contributed by atoms with Crippen LogP contribution in [0.25, 0.3) is 0 Å². The van der Waals surface area contributed by atoms with Crippen LogP contribution in [0.5, 0.6) is 17.2 Å². The standard InChI is InChI=1S/C67H112BCl3NO3.C6H4Cl/c1-5-9-13-17-21-25-29-33-37-41-45-66(65-59-62(71)50-55-67(65)75-68(73-63-51-46-60(69)47-52-63)74-64-53-48-61(70)49-54-64)72(56-42-38-34-30-26-22-18-14-10-6-2,57-43-39-35-31-27-23-19-15-11-7-3)58-44-40-36-32-28-24-20-16-12-8-4;7-6-4-2-1-3-5-6/h46-55,59,66H,5-45,56-58H2,1-4H3;2-5H/q+1;-1. The molecular formula is C73H116BCl4NO3. The zero-order chi connectivity index (χ0) is 58.8. The Morgan fingerprint density at radius 1 is 0.341 bits per heavy atom. The Morgan fingerprint density at radius 2 is 0.634 bits per heavy atom. The minimum absolute atomic E-state index is 0.232. The third-order valence-electron chi connectivity index (χ3n) is 16.7. The number of halogens is 4. The Kier molecular flexibility index (Phi) is 45.5. The lowest BCUT2D eigenvalue weighted by atomic mass is 9.92. The van der Waals surface area contributed by atoms with Gasteiger partial charge in [-0.3, -0.25) is 0 Å². The topological polar surface area (TPSA) is 27.7 Å². The van der Waals surface area contributed by atoms with Gasteiger partial charge in [0.2, 0.25) is 0 Å². The minimum atomic E-state index is -1.07. The van der Waals surface area contributed by atoms with Crippen molar-refractivity contribution in [3.63, 3.8) is 0 Å². The molecule has 1 atom stereocenters. The highest BCUT2D eigenvalue weighted by molar-refractivity contribution is 6.39. The van der Waals surface area contributed by atoms with E-state index in [1.54, 1.807) is 24.3 Å². The molecule has 0 heterocycles. The summed E-state index contributed by atoms with van der Waals surface area (Å²) in [4.78, 5) is 0. The van der Waals surface area contributed by atoms with Crippen LogP contribution in [0.2, 0.25) is 20.1 Å². The zero-order valence-electron chi connectivity index (χ0n) is 52.6. The van der Waals surface area contributed by atoms with Crippen LogP contribution < -0.4 is 14.0 Å². The van der Waals surface area contributed by atoms with Crippen molar-refractivity contribution in [1.82, 2.24) is 0 Å². The summed E-state index contributed by atoms with van der Waals surface area (Å²) >= 11 is 25.4. The summed E-state index contributed by atoms with van der Waals surface area (Å²) in [5, 5.41) is 2.82. The van der Waals surface area contributed by atoms with Gasteiger partial charge in [0, 0.05) is 21.5 Å². The van der Waals surface area contributed by atoms with Gasteiger partial charge in [-0.1, -0.05) is 279 Å². The van der Waals surface area contributed by atoms with Gasteiger partial charge in [-0.05, 0) is 112 Å². The molecule has 0 fully saturated rings. The van der Waals surface area contributed by atoms with Crippen LogP contribution in [-0.4, -0.2) is 31.4 Å². The minimum Gasteiger partial charge on any atom is -0.490 e. The molecule has 9 heteroatoms. The summed E-state index contributed by atoms with van der Waals surface area (Å²) in [7, 11) is -1.07. The van der Waals surface area contributed by atoms with E-state index in [9.17, 15) is 0 Å². The molecule has 0 saturated heterocycles. The van der Waals surface area contributed by atoms with E-state index >= 15 is 0 Å². The van der Waals surface area contributed by atoms with Crippen molar-refractivity contribution in [3.05, 3.63) is 123 Å². The molecular weight excluding hydrogens is 1090 g/mol. The molecule has 0 spiro atoms. The van der Waals surface area contributed by atoms with Crippen LogP contribution in [0.3, 0.4) is 0 Å². The van der Waals surface area contributed by atoms with Crippen molar-refractivity contribution in [2.45, 2.75) is 297 Å². The summed E-state index contributed by atoms with van der Waals surface area (Å²) in [5.74, 6) is 2.02. The molecule has 0 radical (unpaired) electrons. The van der Waals surface area contributed by atoms with E-state index in [-0.39, 0.29) is 6.04 Å². The van der Waals surface area contributed by atoms with E-state index in [1.807, 2.05) is 54.6 Å². The number of benzene rings is 4. The molecule has 462 valence electrons. The second-order valence-electron chi connectivity index (χ2n) is 23.9. The summed E-state index contributed by atoms with van der Waals surface area (Å²) in [5.41, 5.74) is 1.20. The molecule has 82 heavy (non-hydrogen) atoms. The van der Waals surface area contributed by atoms with E-state index in [0.717, 1.165) is 26.7 Å². The van der Waals surface area contributed by atoms with Crippen molar-refractivity contribution in [2.24, 2.45) is 0 Å². The maximum absolute atomic E-state index is 7.20. The Morgan fingerprint density at radius 3 is 0.951 bits per heavy atom. The van der Waals surface area contributed by atoms with Crippen molar-refractivity contribution >= 4 is 53.7 Å². The van der Waals surface area contributed by atoms with Crippen LogP contribution in [0.15, 0.2) is 91.0 Å². The maximum atomic E-state index is 7.20. The van der Waals surface area contributed by atoms with Gasteiger partial charge < -0.3 is 18.4 Å². The highest BCUT2D eigenvalue weighted by atomic mass is 35.5. The first-order valence-corrected chi connectivity index (χ1v) is 35.5. The SMILES string of the molecule is CCCCCCCCCCCCC(c1cc(Cl)ccc1OB(Oc1ccc(Cl)cc1)Oc1ccc(Cl)cc1)[N+](CCCCCCCCCCCC)(CCCCCCCCCCCC)CCCCCCCCCCCC.Clc1cc[c-]cc1. The van der Waals surface area contributed by atoms with Crippen molar-refractivity contribution < 1.29 is 18.4 Å². The van der Waals surface area contributed by atoms with Gasteiger partial charge in [-0.15, -0.1) is 11.6 Å². The molecule has 0 bridgehead atoms. The predicted molar refractivity (Wildman–Crippen MR) is 362 cm³/mol. The maximum Gasteiger partial charge on any atom is 0.864 e. The number of unbranched alkanes of at least 4 members (excludes halogenated alkanes) is 36. The molecule has 0 aromatic heterocycles. The summed E-state index contributed by atoms with van der Waals surface area (Å²) in [6.45, 7) is 12.9. The quantitative estimate of drug-likeness (QED) is 0.0191. The molecule has 0 aliphatic rings. The zero-order valence-corrected chi connectivity index (χ0v) is 55.6. The van der Waals surface area contributed by atoms with Crippen molar-refractivity contribution in [1.29, 1.82) is 0 Å². The first kappa shape index (κ1) is 73.7. The molecule has 4 aromatic carbocycles. The second-order valence-corrected chi connectivity index (χ2v) is 25.6. The molecule has 1 unspecified atom stereocenters. The highest BCUT2D eigenvalue weighted by Crippen LogP contribution is 2.42. The van der Waals surface area contributed by atoms with E-state index in [0.29, 0.717) is 21.5 Å². The van der Waals surface area contributed by atoms with E-state index in [2.05, 4.69) is 45.9 Å². The van der Waals surface area contributed by atoms with E-state index in [4.69, 9.17) is 60.4 Å². The summed E-state index contributed by atoms with van der Waals surface area (Å²) < 4.78 is 21.3. The lowest BCUT2D eigenvalue weighted by Crippen LogP contribution is -2.53. The summed E-state index contributed by atoms with van der Waals surface area (Å²) in [6.07, 6.45) is 55.0. The molecule has 4 aromatic rings. The van der Waals surface area contributed by atoms with Crippen molar-refractivity contribution in [2.75, 3.05) is 19.6 Å². The van der Waals surface area contributed by atoms with E-state index in [1.165, 1.54) is 282 Å². The molecule has 0 N–H and O–H groups in total. The number of quaternary nitrogens is 1. The second kappa shape index (κ2) is 50.6. The Bertz CT molecular complexity index is 1930. The smallest absolute Gasteiger partial charge is 0.490 e. The first-order chi connectivity index (χ1) is 40.2. The largest absolute Gasteiger partial charge is 0.864 e. The number of nitrogens with zero attached hydrogens (tertiary/aromatic N) is 1. The lowest BCUT2D eigenvalue weighted by molar-refractivity contribution is -0.958. The average Bonchev–Trinajstić information content (AvgIpc) is 3.49. The Hall–Kier alpha value is -2.54. The van der Waals surface area contributed by atoms with Gasteiger partial charge in [0.25, 0.3) is 0 Å². The van der Waals surface area contributed by atoms with Crippen LogP contribution >= 0.6 is 46.4 Å². The third kappa shape index (κ3) is 36.5. The average molecular weight is 1210 g/mol. The summed E-state index contributed by atoms with van der Waals surface area (Å²) in [6, 6.07) is 31.4. The van der Waals surface area contributed by atoms with Crippen LogP contribution in [0, 0.1) is 6.07 Å². The normalized spacial score (nSPS) is 11.8. The van der Waals surface area contributed by atoms with Crippen LogP contribution in [0.4, 0.5) is 0 Å². The fourth-order valence-corrected chi connectivity index (χ4v) is 12.3. The highest BCUT2D eigenvalue weighted by Gasteiger charge is 2.40. The fraction of sp³-hybridized carbons (Fsp3) is 0.671. The molecule has 0 aliphatic heterocycles. The predicted octanol–water partition coefficient (Wildman–Crippen LogP) is 26.2. The lowest BCUT2D eigenvalue weighted by Gasteiger charge is -2.46. The van der Waals surface area contributed by atoms with Gasteiger partial charge in [0.1, 0.15) is 23.3 Å². The first-order valence-electron chi connectivity index (χ1n) is 34.0. The van der Waals surface area contributed by atoms with Gasteiger partial charge in [-0.25, -0.2) is 0 Å². The van der Waals surface area contributed by atoms with Gasteiger partial charge in [0.15, 0.2) is 0 Å². The van der Waals surface area contributed by atoms with Crippen LogP contribution in [-0.2, 0) is 0 Å². The third-order valence-corrected chi connectivity index (χ3v) is 17.7. The molecule has 0 saturated carbocycles. The monoisotopic (exact) mass is 1210 g/mol. The van der Waals surface area contributed by atoms with Crippen molar-refractivity contribution in [3.8, 4) is 17.2 Å². The van der Waals surface area contributed by atoms with Gasteiger partial charge >= 0.3 is 7.32 Å². The molecule has 4 nitrogen and oxygen atoms in total. The Labute approximate surface area is 525 Å². The van der Waals surface area contributed by atoms with Gasteiger partial charge in [0.05, 0.1) is 25.2 Å². The van der Waals surface area contributed by atoms with E-state index < -0.39 is 7.32 Å². The van der Waals surface area contributed by atoms with Crippen LogP contribution in [0.1, 0.15) is 303 Å². The fourth-order valence-electron chi connectivity index (χ4n) is 11.8.